The van der Waals surface area contributed by atoms with Gasteiger partial charge >= 0.3 is 0 Å². The first-order chi connectivity index (χ1) is 7.00. The van der Waals surface area contributed by atoms with E-state index < -0.39 is 23.6 Å². The molecule has 0 aliphatic carbocycles. The van der Waals surface area contributed by atoms with Gasteiger partial charge in [0.1, 0.15) is 6.04 Å². The van der Waals surface area contributed by atoms with Gasteiger partial charge in [-0.25, -0.2) is 8.78 Å². The van der Waals surface area contributed by atoms with Gasteiger partial charge in [-0.2, -0.15) is 0 Å². The number of anilines is 1. The molecule has 0 saturated heterocycles. The van der Waals surface area contributed by atoms with Crippen LogP contribution in [0.5, 0.6) is 0 Å². The van der Waals surface area contributed by atoms with Crippen molar-refractivity contribution in [2.75, 3.05) is 11.9 Å². The number of carbonyl (C=O) groups excluding carboxylic acids is 1. The van der Waals surface area contributed by atoms with E-state index in [1.54, 1.807) is 0 Å². The van der Waals surface area contributed by atoms with Gasteiger partial charge < -0.3 is 16.8 Å². The number of hydrogen-bond donors (Lipinski definition) is 3. The molecular formula is C9H11F2N3O. The molecule has 0 aliphatic heterocycles. The number of hydrogen-bond acceptors (Lipinski definition) is 3. The number of carbonyl (C=O) groups is 1. The Balaban J connectivity index is 2.58. The lowest BCUT2D eigenvalue weighted by Gasteiger charge is -2.10. The third kappa shape index (κ3) is 3.17. The molecule has 82 valence electrons. The second kappa shape index (κ2) is 4.70. The third-order valence-electron chi connectivity index (χ3n) is 1.81. The zero-order valence-corrected chi connectivity index (χ0v) is 7.84. The molecule has 0 heterocycles. The normalized spacial score (nSPS) is 12.2. The standard InChI is InChI=1S/C9H11F2N3O/c10-6-2-1-5(3-7(6)11)14-4-8(12)9(13)15/h1-3,8,14H,4,12H2,(H2,13,15). The number of rotatable bonds is 4. The molecule has 15 heavy (non-hydrogen) atoms. The van der Waals surface area contributed by atoms with Gasteiger partial charge in [0, 0.05) is 12.2 Å². The number of nitrogens with one attached hydrogen (secondary N) is 1. The van der Waals surface area contributed by atoms with Crippen molar-refractivity contribution in [1.82, 2.24) is 0 Å². The molecule has 0 bridgehead atoms. The monoisotopic (exact) mass is 215 g/mol. The summed E-state index contributed by atoms with van der Waals surface area (Å²) < 4.78 is 25.2. The molecule has 0 saturated carbocycles. The minimum Gasteiger partial charge on any atom is -0.383 e. The SMILES string of the molecule is NC(=O)C(N)CNc1ccc(F)c(F)c1. The van der Waals surface area contributed by atoms with Crippen molar-refractivity contribution in [3.05, 3.63) is 29.8 Å². The molecule has 6 heteroatoms. The lowest BCUT2D eigenvalue weighted by Crippen LogP contribution is -2.41. The first kappa shape index (κ1) is 11.4. The molecule has 1 aromatic rings. The molecule has 0 fully saturated rings. The van der Waals surface area contributed by atoms with Crippen molar-refractivity contribution in [2.24, 2.45) is 11.5 Å². The van der Waals surface area contributed by atoms with Gasteiger partial charge in [-0.3, -0.25) is 4.79 Å². The lowest BCUT2D eigenvalue weighted by atomic mass is 10.2. The number of benzene rings is 1. The van der Waals surface area contributed by atoms with Crippen LogP contribution in [0.25, 0.3) is 0 Å². The largest absolute Gasteiger partial charge is 0.383 e. The average molecular weight is 215 g/mol. The van der Waals surface area contributed by atoms with Crippen LogP contribution in [0.3, 0.4) is 0 Å². The highest BCUT2D eigenvalue weighted by molar-refractivity contribution is 5.80. The topological polar surface area (TPSA) is 81.1 Å². The molecule has 4 nitrogen and oxygen atoms in total. The van der Waals surface area contributed by atoms with Crippen molar-refractivity contribution in [3.8, 4) is 0 Å². The molecule has 5 N–H and O–H groups in total. The highest BCUT2D eigenvalue weighted by Crippen LogP contribution is 2.12. The van der Waals surface area contributed by atoms with Gasteiger partial charge in [0.25, 0.3) is 0 Å². The van der Waals surface area contributed by atoms with Gasteiger partial charge in [-0.15, -0.1) is 0 Å². The van der Waals surface area contributed by atoms with Crippen LogP contribution in [0.1, 0.15) is 0 Å². The molecule has 1 aromatic carbocycles. The van der Waals surface area contributed by atoms with Gasteiger partial charge in [0.05, 0.1) is 0 Å². The average Bonchev–Trinajstić information content (AvgIpc) is 2.19. The van der Waals surface area contributed by atoms with Crippen molar-refractivity contribution in [2.45, 2.75) is 6.04 Å². The molecule has 1 amide bonds. The maximum atomic E-state index is 12.7. The lowest BCUT2D eigenvalue weighted by molar-refractivity contribution is -0.118. The van der Waals surface area contributed by atoms with Crippen LogP contribution < -0.4 is 16.8 Å². The summed E-state index contributed by atoms with van der Waals surface area (Å²) in [5.41, 5.74) is 10.6. The molecule has 0 aromatic heterocycles. The van der Waals surface area contributed by atoms with E-state index in [9.17, 15) is 13.6 Å². The smallest absolute Gasteiger partial charge is 0.236 e. The molecule has 0 spiro atoms. The van der Waals surface area contributed by atoms with E-state index in [-0.39, 0.29) is 6.54 Å². The maximum absolute atomic E-state index is 12.7. The first-order valence-electron chi connectivity index (χ1n) is 4.24. The number of primary amides is 1. The Morgan fingerprint density at radius 2 is 2.07 bits per heavy atom. The number of halogens is 2. The van der Waals surface area contributed by atoms with Crippen LogP contribution in [-0.2, 0) is 4.79 Å². The summed E-state index contributed by atoms with van der Waals surface area (Å²) in [4.78, 5) is 10.6. The number of amides is 1. The van der Waals surface area contributed by atoms with Crippen LogP contribution in [-0.4, -0.2) is 18.5 Å². The predicted molar refractivity (Wildman–Crippen MR) is 52.0 cm³/mol. The maximum Gasteiger partial charge on any atom is 0.236 e. The summed E-state index contributed by atoms with van der Waals surface area (Å²) in [5.74, 6) is -2.56. The van der Waals surface area contributed by atoms with Crippen molar-refractivity contribution < 1.29 is 13.6 Å². The van der Waals surface area contributed by atoms with Crippen LogP contribution in [0.4, 0.5) is 14.5 Å². The van der Waals surface area contributed by atoms with E-state index in [0.29, 0.717) is 5.69 Å². The number of nitrogens with two attached hydrogens (primary N) is 2. The second-order valence-electron chi connectivity index (χ2n) is 3.02. The molecule has 0 radical (unpaired) electrons. The quantitative estimate of drug-likeness (QED) is 0.670. The Morgan fingerprint density at radius 1 is 1.40 bits per heavy atom. The molecule has 0 aliphatic rings. The summed E-state index contributed by atoms with van der Waals surface area (Å²) in [7, 11) is 0. The van der Waals surface area contributed by atoms with Gasteiger partial charge in [0.15, 0.2) is 11.6 Å². The van der Waals surface area contributed by atoms with E-state index in [1.165, 1.54) is 6.07 Å². The van der Waals surface area contributed by atoms with Gasteiger partial charge in [-0.1, -0.05) is 0 Å². The van der Waals surface area contributed by atoms with E-state index in [2.05, 4.69) is 5.32 Å². The predicted octanol–water partition coefficient (Wildman–Crippen LogP) is 0.189. The van der Waals surface area contributed by atoms with Crippen molar-refractivity contribution >= 4 is 11.6 Å². The Hall–Kier alpha value is -1.69. The minimum absolute atomic E-state index is 0.0698. The highest BCUT2D eigenvalue weighted by Gasteiger charge is 2.09. The molecule has 1 rings (SSSR count). The zero-order chi connectivity index (χ0) is 11.4. The minimum atomic E-state index is -0.965. The van der Waals surface area contributed by atoms with Gasteiger partial charge in [-0.05, 0) is 18.2 Å². The fourth-order valence-electron chi connectivity index (χ4n) is 0.934. The Labute approximate surface area is 85.2 Å². The summed E-state index contributed by atoms with van der Waals surface area (Å²) in [5, 5.41) is 2.66. The fraction of sp³-hybridized carbons (Fsp3) is 0.222. The summed E-state index contributed by atoms with van der Waals surface area (Å²) >= 11 is 0. The summed E-state index contributed by atoms with van der Waals surface area (Å²) in [6.07, 6.45) is 0. The van der Waals surface area contributed by atoms with Crippen LogP contribution >= 0.6 is 0 Å². The summed E-state index contributed by atoms with van der Waals surface area (Å²) in [6.45, 7) is 0.0698. The van der Waals surface area contributed by atoms with Crippen LogP contribution in [0.2, 0.25) is 0 Å². The molecule has 1 unspecified atom stereocenters. The van der Waals surface area contributed by atoms with E-state index in [0.717, 1.165) is 12.1 Å². The van der Waals surface area contributed by atoms with Crippen LogP contribution in [0.15, 0.2) is 18.2 Å². The van der Waals surface area contributed by atoms with E-state index in [1.807, 2.05) is 0 Å². The van der Waals surface area contributed by atoms with E-state index in [4.69, 9.17) is 11.5 Å². The van der Waals surface area contributed by atoms with Gasteiger partial charge in [0.2, 0.25) is 5.91 Å². The molecular weight excluding hydrogens is 204 g/mol. The fourth-order valence-corrected chi connectivity index (χ4v) is 0.934. The third-order valence-corrected chi connectivity index (χ3v) is 1.81. The first-order valence-corrected chi connectivity index (χ1v) is 4.24. The Bertz CT molecular complexity index is 370. The van der Waals surface area contributed by atoms with Crippen molar-refractivity contribution in [1.29, 1.82) is 0 Å². The van der Waals surface area contributed by atoms with Crippen LogP contribution in [0, 0.1) is 11.6 Å². The molecule has 1 atom stereocenters. The second-order valence-corrected chi connectivity index (χ2v) is 3.02. The Kier molecular flexibility index (Phi) is 3.56. The summed E-state index contributed by atoms with van der Waals surface area (Å²) in [6, 6.07) is 2.43. The van der Waals surface area contributed by atoms with Crippen molar-refractivity contribution in [3.63, 3.8) is 0 Å². The highest BCUT2D eigenvalue weighted by atomic mass is 19.2. The van der Waals surface area contributed by atoms with E-state index >= 15 is 0 Å². The zero-order valence-electron chi connectivity index (χ0n) is 7.84. The Morgan fingerprint density at radius 3 is 2.60 bits per heavy atom.